The molecular weight excluding hydrogens is 396 g/mol. The van der Waals surface area contributed by atoms with Crippen LogP contribution in [0.15, 0.2) is 11.5 Å². The van der Waals surface area contributed by atoms with Crippen molar-refractivity contribution in [1.82, 2.24) is 0 Å². The Labute approximate surface area is 176 Å². The quantitative estimate of drug-likeness (QED) is 0.519. The first-order valence-corrected chi connectivity index (χ1v) is 9.60. The SMILES string of the molecule is CC(C)(C)C(=O)OC[C@H](OC(=O)C(C)(C)C)[C@H]1OC(=O)C(O)=C1OC(=O)C(C)(C)C. The summed E-state index contributed by atoms with van der Waals surface area (Å²) in [5, 5.41) is 10.1. The Kier molecular flexibility index (Phi) is 7.34. The van der Waals surface area contributed by atoms with Gasteiger partial charge < -0.3 is 24.1 Å². The van der Waals surface area contributed by atoms with E-state index in [1.807, 2.05) is 0 Å². The van der Waals surface area contributed by atoms with Gasteiger partial charge in [0.15, 0.2) is 6.10 Å². The van der Waals surface area contributed by atoms with Crippen molar-refractivity contribution >= 4 is 23.9 Å². The van der Waals surface area contributed by atoms with Gasteiger partial charge in [-0.3, -0.25) is 14.4 Å². The van der Waals surface area contributed by atoms with Crippen LogP contribution in [-0.2, 0) is 38.1 Å². The van der Waals surface area contributed by atoms with Gasteiger partial charge in [-0.25, -0.2) is 4.79 Å². The van der Waals surface area contributed by atoms with E-state index in [1.165, 1.54) is 0 Å². The van der Waals surface area contributed by atoms with Crippen LogP contribution >= 0.6 is 0 Å². The second-order valence-corrected chi connectivity index (χ2v) is 10.2. The fourth-order valence-corrected chi connectivity index (χ4v) is 1.94. The summed E-state index contributed by atoms with van der Waals surface area (Å²) < 4.78 is 21.0. The molecule has 0 aromatic rings. The molecule has 30 heavy (non-hydrogen) atoms. The maximum atomic E-state index is 12.4. The number of carbonyl (C=O) groups excluding carboxylic acids is 4. The van der Waals surface area contributed by atoms with Gasteiger partial charge in [0.25, 0.3) is 0 Å². The van der Waals surface area contributed by atoms with Crippen molar-refractivity contribution in [3.05, 3.63) is 11.5 Å². The third-order valence-electron chi connectivity index (χ3n) is 3.93. The van der Waals surface area contributed by atoms with Crippen LogP contribution in [0.5, 0.6) is 0 Å². The Morgan fingerprint density at radius 1 is 0.900 bits per heavy atom. The molecule has 1 aliphatic rings. The van der Waals surface area contributed by atoms with E-state index in [-0.39, 0.29) is 0 Å². The highest BCUT2D eigenvalue weighted by Gasteiger charge is 2.46. The van der Waals surface area contributed by atoms with Crippen LogP contribution in [0.25, 0.3) is 0 Å². The molecule has 2 atom stereocenters. The minimum atomic E-state index is -1.46. The topological polar surface area (TPSA) is 125 Å². The molecule has 0 aliphatic carbocycles. The Bertz CT molecular complexity index is 742. The number of aliphatic hydroxyl groups is 1. The minimum Gasteiger partial charge on any atom is -0.499 e. The standard InChI is InChI=1S/C21H32O9/c1-19(2,3)16(24)27-10-11(28-17(25)20(4,5)6)13-14(12(22)15(23)29-13)30-18(26)21(7,8)9/h11,13,22H,10H2,1-9H3/t11-,13+/m0/s1. The van der Waals surface area contributed by atoms with E-state index < -0.39 is 70.5 Å². The molecule has 0 radical (unpaired) electrons. The highest BCUT2D eigenvalue weighted by Crippen LogP contribution is 2.31. The first-order valence-electron chi connectivity index (χ1n) is 9.60. The summed E-state index contributed by atoms with van der Waals surface area (Å²) in [6, 6.07) is 0. The highest BCUT2D eigenvalue weighted by atomic mass is 16.6. The average Bonchev–Trinajstić information content (AvgIpc) is 2.83. The molecule has 0 amide bonds. The van der Waals surface area contributed by atoms with Crippen LogP contribution in [0.1, 0.15) is 62.3 Å². The summed E-state index contributed by atoms with van der Waals surface area (Å²) in [4.78, 5) is 48.8. The van der Waals surface area contributed by atoms with Gasteiger partial charge in [0.05, 0.1) is 16.2 Å². The number of hydrogen-bond acceptors (Lipinski definition) is 9. The maximum Gasteiger partial charge on any atom is 0.378 e. The number of hydrogen-bond donors (Lipinski definition) is 1. The van der Waals surface area contributed by atoms with Crippen LogP contribution in [0.4, 0.5) is 0 Å². The van der Waals surface area contributed by atoms with Crippen LogP contribution < -0.4 is 0 Å². The number of ether oxygens (including phenoxy) is 4. The molecule has 9 nitrogen and oxygen atoms in total. The lowest BCUT2D eigenvalue weighted by Gasteiger charge is -2.28. The fourth-order valence-electron chi connectivity index (χ4n) is 1.94. The molecule has 170 valence electrons. The van der Waals surface area contributed by atoms with E-state index in [0.29, 0.717) is 0 Å². The summed E-state index contributed by atoms with van der Waals surface area (Å²) in [6.45, 7) is 14.0. The zero-order valence-electron chi connectivity index (χ0n) is 19.1. The van der Waals surface area contributed by atoms with Gasteiger partial charge in [-0.05, 0) is 62.3 Å². The Morgan fingerprint density at radius 2 is 1.37 bits per heavy atom. The van der Waals surface area contributed by atoms with Gasteiger partial charge in [-0.15, -0.1) is 0 Å². The van der Waals surface area contributed by atoms with Crippen molar-refractivity contribution in [2.24, 2.45) is 16.2 Å². The molecular formula is C21H32O9. The molecule has 1 rings (SSSR count). The number of rotatable bonds is 5. The first-order chi connectivity index (χ1) is 13.4. The summed E-state index contributed by atoms with van der Waals surface area (Å²) in [6.07, 6.45) is -2.79. The van der Waals surface area contributed by atoms with E-state index in [4.69, 9.17) is 18.9 Å². The summed E-state index contributed by atoms with van der Waals surface area (Å²) in [7, 11) is 0. The normalized spacial score (nSPS) is 18.6. The average molecular weight is 428 g/mol. The smallest absolute Gasteiger partial charge is 0.378 e. The zero-order valence-corrected chi connectivity index (χ0v) is 19.1. The van der Waals surface area contributed by atoms with E-state index in [9.17, 15) is 24.3 Å². The molecule has 0 aromatic carbocycles. The molecule has 0 aromatic heterocycles. The van der Waals surface area contributed by atoms with E-state index in [1.54, 1.807) is 62.3 Å². The third-order valence-corrected chi connectivity index (χ3v) is 3.93. The van der Waals surface area contributed by atoms with Crippen molar-refractivity contribution < 1.29 is 43.2 Å². The van der Waals surface area contributed by atoms with Crippen LogP contribution in [-0.4, -0.2) is 47.8 Å². The lowest BCUT2D eigenvalue weighted by molar-refractivity contribution is -0.180. The van der Waals surface area contributed by atoms with Gasteiger partial charge in [0, 0.05) is 0 Å². The van der Waals surface area contributed by atoms with Crippen LogP contribution in [0.2, 0.25) is 0 Å². The summed E-state index contributed by atoms with van der Waals surface area (Å²) >= 11 is 0. The molecule has 1 heterocycles. The third kappa shape index (κ3) is 6.47. The Hall–Kier alpha value is -2.58. The van der Waals surface area contributed by atoms with Gasteiger partial charge in [0.1, 0.15) is 6.61 Å². The molecule has 0 saturated carbocycles. The molecule has 0 bridgehead atoms. The monoisotopic (exact) mass is 428 g/mol. The van der Waals surface area contributed by atoms with E-state index in [2.05, 4.69) is 0 Å². The summed E-state index contributed by atoms with van der Waals surface area (Å²) in [5.41, 5.74) is -2.69. The van der Waals surface area contributed by atoms with Crippen molar-refractivity contribution in [3.63, 3.8) is 0 Å². The molecule has 9 heteroatoms. The van der Waals surface area contributed by atoms with Crippen LogP contribution in [0, 0.1) is 16.2 Å². The van der Waals surface area contributed by atoms with Crippen LogP contribution in [0.3, 0.4) is 0 Å². The molecule has 0 unspecified atom stereocenters. The molecule has 0 saturated heterocycles. The number of carbonyl (C=O) groups is 4. The highest BCUT2D eigenvalue weighted by molar-refractivity contribution is 5.90. The van der Waals surface area contributed by atoms with Crippen molar-refractivity contribution in [1.29, 1.82) is 0 Å². The molecule has 1 aliphatic heterocycles. The lowest BCUT2D eigenvalue weighted by atomic mass is 9.96. The van der Waals surface area contributed by atoms with E-state index in [0.717, 1.165) is 0 Å². The second kappa shape index (κ2) is 8.65. The predicted molar refractivity (Wildman–Crippen MR) is 105 cm³/mol. The molecule has 0 fully saturated rings. The largest absolute Gasteiger partial charge is 0.499 e. The van der Waals surface area contributed by atoms with Gasteiger partial charge in [-0.2, -0.15) is 0 Å². The maximum absolute atomic E-state index is 12.4. The predicted octanol–water partition coefficient (Wildman–Crippen LogP) is 2.82. The minimum absolute atomic E-state index is 0.473. The van der Waals surface area contributed by atoms with E-state index >= 15 is 0 Å². The van der Waals surface area contributed by atoms with Crippen molar-refractivity contribution in [3.8, 4) is 0 Å². The Balaban J connectivity index is 3.22. The number of cyclic esters (lactones) is 1. The second-order valence-electron chi connectivity index (χ2n) is 10.2. The Morgan fingerprint density at radius 3 is 1.80 bits per heavy atom. The molecule has 1 N–H and O–H groups in total. The van der Waals surface area contributed by atoms with Gasteiger partial charge >= 0.3 is 23.9 Å². The first kappa shape index (κ1) is 25.5. The fraction of sp³-hybridized carbons (Fsp3) is 0.714. The van der Waals surface area contributed by atoms with Crippen molar-refractivity contribution in [2.75, 3.05) is 6.61 Å². The van der Waals surface area contributed by atoms with Crippen molar-refractivity contribution in [2.45, 2.75) is 74.5 Å². The number of aliphatic hydroxyl groups excluding tert-OH is 1. The lowest BCUT2D eigenvalue weighted by Crippen LogP contribution is -2.42. The number of esters is 4. The summed E-state index contributed by atoms with van der Waals surface area (Å²) in [5.74, 6) is -4.51. The molecule has 0 spiro atoms. The zero-order chi connectivity index (χ0) is 23.7. The van der Waals surface area contributed by atoms with Gasteiger partial charge in [0.2, 0.25) is 17.6 Å². The van der Waals surface area contributed by atoms with Gasteiger partial charge in [-0.1, -0.05) is 0 Å².